The Kier molecular flexibility index (Phi) is 4.85. The Bertz CT molecular complexity index is 741. The van der Waals surface area contributed by atoms with E-state index in [1.807, 2.05) is 41.3 Å². The summed E-state index contributed by atoms with van der Waals surface area (Å²) in [4.78, 5) is 14.4. The molecule has 2 aromatic rings. The van der Waals surface area contributed by atoms with E-state index < -0.39 is 0 Å². The number of nitrogens with zero attached hydrogens (tertiary/aromatic N) is 1. The number of amides is 1. The van der Waals surface area contributed by atoms with Gasteiger partial charge in [0, 0.05) is 19.0 Å². The van der Waals surface area contributed by atoms with Gasteiger partial charge in [-0.3, -0.25) is 4.79 Å². The van der Waals surface area contributed by atoms with E-state index in [1.54, 1.807) is 0 Å². The number of fused-ring (bicyclic) bond motifs is 1. The van der Waals surface area contributed by atoms with Crippen LogP contribution in [0.15, 0.2) is 42.5 Å². The van der Waals surface area contributed by atoms with E-state index >= 15 is 0 Å². The first-order valence-electron chi connectivity index (χ1n) is 8.92. The van der Waals surface area contributed by atoms with E-state index in [9.17, 15) is 4.79 Å². The van der Waals surface area contributed by atoms with Crippen LogP contribution in [0.4, 0.5) is 0 Å². The molecule has 132 valence electrons. The molecule has 0 bridgehead atoms. The average Bonchev–Trinajstić information content (AvgIpc) is 3.21. The summed E-state index contributed by atoms with van der Waals surface area (Å²) >= 11 is 0. The van der Waals surface area contributed by atoms with Gasteiger partial charge in [-0.1, -0.05) is 30.3 Å². The molecule has 1 amide bonds. The molecule has 0 N–H and O–H groups in total. The van der Waals surface area contributed by atoms with Crippen molar-refractivity contribution in [3.8, 4) is 5.75 Å². The lowest BCUT2D eigenvalue weighted by Crippen LogP contribution is -2.45. The molecule has 2 aliphatic rings. The Labute approximate surface area is 147 Å². The van der Waals surface area contributed by atoms with Gasteiger partial charge in [-0.25, -0.2) is 0 Å². The second-order valence-electron chi connectivity index (χ2n) is 6.65. The van der Waals surface area contributed by atoms with Gasteiger partial charge in [-0.2, -0.15) is 0 Å². The monoisotopic (exact) mass is 341 g/mol. The predicted octanol–water partition coefficient (Wildman–Crippen LogP) is 2.83. The molecule has 2 aliphatic heterocycles. The third-order valence-electron chi connectivity index (χ3n) is 4.93. The Morgan fingerprint density at radius 1 is 1.12 bits per heavy atom. The molecule has 0 aliphatic carbocycles. The average molecular weight is 341 g/mol. The highest BCUT2D eigenvalue weighted by Crippen LogP contribution is 2.25. The number of carbonyl (C=O) groups excluding carboxylic acids is 1. The van der Waals surface area contributed by atoms with E-state index in [4.69, 9.17) is 14.2 Å². The largest absolute Gasteiger partial charge is 0.484 e. The number of rotatable bonds is 4. The highest BCUT2D eigenvalue weighted by atomic mass is 16.7. The second-order valence-corrected chi connectivity index (χ2v) is 6.65. The molecule has 5 nitrogen and oxygen atoms in total. The van der Waals surface area contributed by atoms with Crippen LogP contribution in [-0.2, 0) is 14.3 Å². The number of piperidine rings is 1. The quantitative estimate of drug-likeness (QED) is 0.858. The Morgan fingerprint density at radius 3 is 2.76 bits per heavy atom. The first kappa shape index (κ1) is 16.4. The fourth-order valence-electron chi connectivity index (χ4n) is 3.60. The summed E-state index contributed by atoms with van der Waals surface area (Å²) in [6.45, 7) is 2.84. The van der Waals surface area contributed by atoms with Crippen LogP contribution in [0.3, 0.4) is 0 Å². The summed E-state index contributed by atoms with van der Waals surface area (Å²) < 4.78 is 16.9. The number of hydrogen-bond donors (Lipinski definition) is 0. The fraction of sp³-hybridized carbons (Fsp3) is 0.450. The molecule has 2 saturated heterocycles. The SMILES string of the molecule is O=C(COc1ccc2ccccc2c1)N1CCC[C@@H](C2OCCO2)C1. The normalized spacial score (nSPS) is 21.6. The lowest BCUT2D eigenvalue weighted by molar-refractivity contribution is -0.141. The van der Waals surface area contributed by atoms with Crippen molar-refractivity contribution in [2.24, 2.45) is 5.92 Å². The van der Waals surface area contributed by atoms with Crippen molar-refractivity contribution in [3.05, 3.63) is 42.5 Å². The van der Waals surface area contributed by atoms with Crippen LogP contribution in [0.5, 0.6) is 5.75 Å². The zero-order valence-electron chi connectivity index (χ0n) is 14.2. The number of hydrogen-bond acceptors (Lipinski definition) is 4. The number of carbonyl (C=O) groups is 1. The standard InChI is InChI=1S/C20H23NO4/c22-19(21-9-3-6-17(13-21)20-23-10-11-24-20)14-25-18-8-7-15-4-1-2-5-16(15)12-18/h1-2,4-5,7-8,12,17,20H,3,6,9-11,13-14H2/t17-/m1/s1. The summed E-state index contributed by atoms with van der Waals surface area (Å²) in [5.74, 6) is 1.01. The molecule has 5 heteroatoms. The molecule has 4 rings (SSSR count). The van der Waals surface area contributed by atoms with Crippen LogP contribution >= 0.6 is 0 Å². The topological polar surface area (TPSA) is 48.0 Å². The minimum Gasteiger partial charge on any atom is -0.484 e. The molecule has 0 unspecified atom stereocenters. The van der Waals surface area contributed by atoms with E-state index in [2.05, 4.69) is 6.07 Å². The van der Waals surface area contributed by atoms with Gasteiger partial charge >= 0.3 is 0 Å². The highest BCUT2D eigenvalue weighted by molar-refractivity contribution is 5.84. The minimum absolute atomic E-state index is 0.0239. The van der Waals surface area contributed by atoms with Crippen LogP contribution < -0.4 is 4.74 Å². The summed E-state index contributed by atoms with van der Waals surface area (Å²) in [5.41, 5.74) is 0. The van der Waals surface area contributed by atoms with Gasteiger partial charge in [-0.05, 0) is 35.7 Å². The fourth-order valence-corrected chi connectivity index (χ4v) is 3.60. The third-order valence-corrected chi connectivity index (χ3v) is 4.93. The zero-order valence-corrected chi connectivity index (χ0v) is 14.2. The molecule has 0 saturated carbocycles. The lowest BCUT2D eigenvalue weighted by Gasteiger charge is -2.34. The lowest BCUT2D eigenvalue weighted by atomic mass is 9.97. The number of likely N-dealkylation sites (tertiary alicyclic amines) is 1. The van der Waals surface area contributed by atoms with E-state index in [0.29, 0.717) is 19.8 Å². The van der Waals surface area contributed by atoms with Crippen LogP contribution in [0.2, 0.25) is 0 Å². The van der Waals surface area contributed by atoms with Crippen molar-refractivity contribution in [1.82, 2.24) is 4.90 Å². The van der Waals surface area contributed by atoms with Crippen molar-refractivity contribution in [3.63, 3.8) is 0 Å². The molecule has 0 aromatic heterocycles. The molecule has 2 heterocycles. The summed E-state index contributed by atoms with van der Waals surface area (Å²) in [6, 6.07) is 14.0. The van der Waals surface area contributed by atoms with Crippen LogP contribution in [-0.4, -0.2) is 50.0 Å². The highest BCUT2D eigenvalue weighted by Gasteiger charge is 2.32. The van der Waals surface area contributed by atoms with Gasteiger partial charge in [-0.15, -0.1) is 0 Å². The van der Waals surface area contributed by atoms with E-state index in [-0.39, 0.29) is 24.7 Å². The number of ether oxygens (including phenoxy) is 3. The first-order chi connectivity index (χ1) is 12.3. The molecule has 0 spiro atoms. The second kappa shape index (κ2) is 7.42. The van der Waals surface area contributed by atoms with Crippen molar-refractivity contribution in [2.75, 3.05) is 32.9 Å². The van der Waals surface area contributed by atoms with Crippen LogP contribution in [0.1, 0.15) is 12.8 Å². The van der Waals surface area contributed by atoms with Crippen molar-refractivity contribution in [1.29, 1.82) is 0 Å². The smallest absolute Gasteiger partial charge is 0.260 e. The third kappa shape index (κ3) is 3.78. The van der Waals surface area contributed by atoms with Gasteiger partial charge < -0.3 is 19.1 Å². The van der Waals surface area contributed by atoms with Gasteiger partial charge in [0.2, 0.25) is 0 Å². The molecule has 1 atom stereocenters. The Hall–Kier alpha value is -2.11. The van der Waals surface area contributed by atoms with E-state index in [1.165, 1.54) is 0 Å². The number of benzene rings is 2. The zero-order chi connectivity index (χ0) is 17.1. The maximum atomic E-state index is 12.5. The van der Waals surface area contributed by atoms with Crippen molar-refractivity contribution >= 4 is 16.7 Å². The van der Waals surface area contributed by atoms with Crippen molar-refractivity contribution < 1.29 is 19.0 Å². The molecule has 25 heavy (non-hydrogen) atoms. The maximum Gasteiger partial charge on any atom is 0.260 e. The predicted molar refractivity (Wildman–Crippen MR) is 94.4 cm³/mol. The molecule has 2 fully saturated rings. The van der Waals surface area contributed by atoms with Gasteiger partial charge in [0.05, 0.1) is 13.2 Å². The Balaban J connectivity index is 1.34. The van der Waals surface area contributed by atoms with Crippen molar-refractivity contribution in [2.45, 2.75) is 19.1 Å². The van der Waals surface area contributed by atoms with Gasteiger partial charge in [0.25, 0.3) is 5.91 Å². The van der Waals surface area contributed by atoms with Gasteiger partial charge in [0.15, 0.2) is 12.9 Å². The van der Waals surface area contributed by atoms with Gasteiger partial charge in [0.1, 0.15) is 5.75 Å². The first-order valence-corrected chi connectivity index (χ1v) is 8.92. The van der Waals surface area contributed by atoms with E-state index in [0.717, 1.165) is 35.9 Å². The molecular weight excluding hydrogens is 318 g/mol. The van der Waals surface area contributed by atoms with Crippen LogP contribution in [0.25, 0.3) is 10.8 Å². The maximum absolute atomic E-state index is 12.5. The van der Waals surface area contributed by atoms with Crippen LogP contribution in [0, 0.1) is 5.92 Å². The minimum atomic E-state index is -0.156. The molecular formula is C20H23NO4. The summed E-state index contributed by atoms with van der Waals surface area (Å²) in [7, 11) is 0. The molecule has 2 aromatic carbocycles. The Morgan fingerprint density at radius 2 is 1.92 bits per heavy atom. The molecule has 0 radical (unpaired) electrons. The summed E-state index contributed by atoms with van der Waals surface area (Å²) in [6.07, 6.45) is 1.87. The summed E-state index contributed by atoms with van der Waals surface area (Å²) in [5, 5.41) is 2.28.